The molecule has 4 nitrogen and oxygen atoms in total. The lowest BCUT2D eigenvalue weighted by atomic mass is 9.98. The van der Waals surface area contributed by atoms with Crippen molar-refractivity contribution < 1.29 is 0 Å². The molecule has 0 saturated carbocycles. The number of aromatic nitrogens is 3. The molecule has 2 atom stereocenters. The zero-order valence-corrected chi connectivity index (χ0v) is 13.5. The lowest BCUT2D eigenvalue weighted by molar-refractivity contribution is 0.203. The van der Waals surface area contributed by atoms with Gasteiger partial charge in [-0.1, -0.05) is 36.4 Å². The third-order valence-electron chi connectivity index (χ3n) is 5.37. The fourth-order valence-corrected chi connectivity index (χ4v) is 4.21. The van der Waals surface area contributed by atoms with Crippen molar-refractivity contribution >= 4 is 11.4 Å². The van der Waals surface area contributed by atoms with Gasteiger partial charge in [0.05, 0.1) is 11.9 Å². The predicted octanol–water partition coefficient (Wildman–Crippen LogP) is 3.55. The summed E-state index contributed by atoms with van der Waals surface area (Å²) in [5.74, 6) is 0.785. The minimum atomic E-state index is 0.543. The van der Waals surface area contributed by atoms with E-state index in [1.54, 1.807) is 6.20 Å². The Bertz CT molecular complexity index is 896. The highest BCUT2D eigenvalue weighted by Crippen LogP contribution is 2.39. The smallest absolute Gasteiger partial charge is 0.234 e. The van der Waals surface area contributed by atoms with E-state index >= 15 is 0 Å². The standard InChI is InChI=1S/C20H20N4/c1-2-5-15(6-3-1)14-24-17-7-8-18(24)12-16(11-17)19-13-22-20-21-9-4-10-23(19)20/h1-6,9-11,13,17-18H,7-8,12,14H2. The Hall–Kier alpha value is -2.46. The van der Waals surface area contributed by atoms with Gasteiger partial charge in [-0.25, -0.2) is 9.97 Å². The number of hydrogen-bond donors (Lipinski definition) is 0. The van der Waals surface area contributed by atoms with Gasteiger partial charge in [-0.15, -0.1) is 0 Å². The van der Waals surface area contributed by atoms with Crippen LogP contribution in [-0.2, 0) is 6.54 Å². The monoisotopic (exact) mass is 316 g/mol. The van der Waals surface area contributed by atoms with Crippen LogP contribution < -0.4 is 0 Å². The van der Waals surface area contributed by atoms with Gasteiger partial charge in [0, 0.05) is 31.0 Å². The molecule has 0 aliphatic carbocycles. The van der Waals surface area contributed by atoms with Crippen LogP contribution in [0.4, 0.5) is 0 Å². The Kier molecular flexibility index (Phi) is 3.23. The molecule has 2 bridgehead atoms. The third-order valence-corrected chi connectivity index (χ3v) is 5.37. The Morgan fingerprint density at radius 3 is 2.83 bits per heavy atom. The molecule has 2 unspecified atom stereocenters. The molecule has 3 aromatic rings. The van der Waals surface area contributed by atoms with Crippen LogP contribution in [0.15, 0.2) is 61.1 Å². The summed E-state index contributed by atoms with van der Waals surface area (Å²) in [6.07, 6.45) is 11.9. The number of nitrogens with zero attached hydrogens (tertiary/aromatic N) is 4. The van der Waals surface area contributed by atoms with Gasteiger partial charge in [0.25, 0.3) is 0 Å². The largest absolute Gasteiger partial charge is 0.289 e. The maximum absolute atomic E-state index is 4.45. The summed E-state index contributed by atoms with van der Waals surface area (Å²) in [7, 11) is 0. The number of imidazole rings is 1. The molecule has 0 amide bonds. The molecule has 4 heteroatoms. The second kappa shape index (κ2) is 5.56. The quantitative estimate of drug-likeness (QED) is 0.741. The summed E-state index contributed by atoms with van der Waals surface area (Å²) in [5.41, 5.74) is 4.03. The van der Waals surface area contributed by atoms with Crippen molar-refractivity contribution in [1.29, 1.82) is 0 Å². The van der Waals surface area contributed by atoms with Gasteiger partial charge in [-0.05, 0) is 36.5 Å². The van der Waals surface area contributed by atoms with E-state index in [2.05, 4.69) is 61.9 Å². The summed E-state index contributed by atoms with van der Waals surface area (Å²) in [4.78, 5) is 11.5. The van der Waals surface area contributed by atoms with Crippen LogP contribution in [0.3, 0.4) is 0 Å². The van der Waals surface area contributed by atoms with E-state index in [9.17, 15) is 0 Å². The highest BCUT2D eigenvalue weighted by atomic mass is 15.2. The summed E-state index contributed by atoms with van der Waals surface area (Å²) in [6.45, 7) is 1.05. The van der Waals surface area contributed by atoms with Crippen LogP contribution in [0.5, 0.6) is 0 Å². The summed E-state index contributed by atoms with van der Waals surface area (Å²) in [6, 6.07) is 14.0. The molecule has 2 aliphatic rings. The SMILES string of the molecule is C1=C(c2cnc3ncccn23)CC2CCC1N2Cc1ccccc1. The number of hydrogen-bond acceptors (Lipinski definition) is 3. The van der Waals surface area contributed by atoms with Gasteiger partial charge in [0.1, 0.15) is 0 Å². The summed E-state index contributed by atoms with van der Waals surface area (Å²) < 4.78 is 2.11. The van der Waals surface area contributed by atoms with Gasteiger partial charge in [0.2, 0.25) is 5.78 Å². The fraction of sp³-hybridized carbons (Fsp3) is 0.300. The molecule has 4 heterocycles. The Labute approximate surface area is 141 Å². The van der Waals surface area contributed by atoms with E-state index in [1.165, 1.54) is 29.7 Å². The van der Waals surface area contributed by atoms with Crippen molar-refractivity contribution in [2.45, 2.75) is 37.9 Å². The van der Waals surface area contributed by atoms with Crippen LogP contribution in [0.1, 0.15) is 30.5 Å². The Morgan fingerprint density at radius 2 is 1.96 bits per heavy atom. The number of rotatable bonds is 3. The van der Waals surface area contributed by atoms with Gasteiger partial charge < -0.3 is 0 Å². The Morgan fingerprint density at radius 1 is 1.04 bits per heavy atom. The minimum Gasteiger partial charge on any atom is -0.289 e. The van der Waals surface area contributed by atoms with Crippen molar-refractivity contribution in [3.8, 4) is 0 Å². The van der Waals surface area contributed by atoms with Crippen molar-refractivity contribution in [1.82, 2.24) is 19.3 Å². The molecule has 5 rings (SSSR count). The van der Waals surface area contributed by atoms with E-state index in [0.717, 1.165) is 18.7 Å². The first-order valence-corrected chi connectivity index (χ1v) is 8.67. The van der Waals surface area contributed by atoms with Crippen LogP contribution in [-0.4, -0.2) is 31.4 Å². The van der Waals surface area contributed by atoms with Crippen molar-refractivity contribution in [3.05, 3.63) is 72.3 Å². The molecule has 0 radical (unpaired) electrons. The van der Waals surface area contributed by atoms with Crippen LogP contribution >= 0.6 is 0 Å². The fourth-order valence-electron chi connectivity index (χ4n) is 4.21. The minimum absolute atomic E-state index is 0.543. The van der Waals surface area contributed by atoms with Gasteiger partial charge in [0.15, 0.2) is 0 Å². The zero-order valence-electron chi connectivity index (χ0n) is 13.5. The molecule has 0 N–H and O–H groups in total. The van der Waals surface area contributed by atoms with Crippen molar-refractivity contribution in [3.63, 3.8) is 0 Å². The lowest BCUT2D eigenvalue weighted by Crippen LogP contribution is -2.37. The summed E-state index contributed by atoms with van der Waals surface area (Å²) >= 11 is 0. The van der Waals surface area contributed by atoms with E-state index in [1.807, 2.05) is 12.3 Å². The first-order valence-electron chi connectivity index (χ1n) is 8.67. The number of fused-ring (bicyclic) bond motifs is 3. The molecule has 0 spiro atoms. The third kappa shape index (κ3) is 2.26. The molecule has 1 saturated heterocycles. The molecule has 2 aromatic heterocycles. The molecule has 1 fully saturated rings. The van der Waals surface area contributed by atoms with Crippen LogP contribution in [0.2, 0.25) is 0 Å². The average molecular weight is 316 g/mol. The van der Waals surface area contributed by atoms with Gasteiger partial charge >= 0.3 is 0 Å². The second-order valence-corrected chi connectivity index (χ2v) is 6.79. The topological polar surface area (TPSA) is 33.4 Å². The highest BCUT2D eigenvalue weighted by Gasteiger charge is 2.37. The van der Waals surface area contributed by atoms with E-state index < -0.39 is 0 Å². The molecule has 120 valence electrons. The van der Waals surface area contributed by atoms with Gasteiger partial charge in [-0.3, -0.25) is 9.30 Å². The van der Waals surface area contributed by atoms with E-state index in [-0.39, 0.29) is 0 Å². The zero-order chi connectivity index (χ0) is 15.9. The molecular weight excluding hydrogens is 296 g/mol. The first-order chi connectivity index (χ1) is 11.9. The highest BCUT2D eigenvalue weighted by molar-refractivity contribution is 5.67. The van der Waals surface area contributed by atoms with Gasteiger partial charge in [-0.2, -0.15) is 0 Å². The van der Waals surface area contributed by atoms with Crippen LogP contribution in [0.25, 0.3) is 11.4 Å². The van der Waals surface area contributed by atoms with Crippen molar-refractivity contribution in [2.24, 2.45) is 0 Å². The second-order valence-electron chi connectivity index (χ2n) is 6.79. The van der Waals surface area contributed by atoms with Crippen molar-refractivity contribution in [2.75, 3.05) is 0 Å². The van der Waals surface area contributed by atoms with E-state index in [0.29, 0.717) is 12.1 Å². The molecule has 2 aliphatic heterocycles. The normalized spacial score (nSPS) is 23.6. The lowest BCUT2D eigenvalue weighted by Gasteiger charge is -2.34. The average Bonchev–Trinajstić information content (AvgIpc) is 3.14. The summed E-state index contributed by atoms with van der Waals surface area (Å²) in [5, 5.41) is 0. The Balaban J connectivity index is 1.46. The number of benzene rings is 1. The maximum Gasteiger partial charge on any atom is 0.234 e. The molecule has 1 aromatic carbocycles. The van der Waals surface area contributed by atoms with E-state index in [4.69, 9.17) is 0 Å². The van der Waals surface area contributed by atoms with Crippen LogP contribution in [0, 0.1) is 0 Å². The maximum atomic E-state index is 4.45. The molecular formula is C20H20N4. The molecule has 24 heavy (non-hydrogen) atoms. The predicted molar refractivity (Wildman–Crippen MR) is 94.4 cm³/mol. The first kappa shape index (κ1) is 13.9.